The lowest BCUT2D eigenvalue weighted by Crippen LogP contribution is -2.16. The van der Waals surface area contributed by atoms with Gasteiger partial charge < -0.3 is 35.3 Å². The summed E-state index contributed by atoms with van der Waals surface area (Å²) in [6.07, 6.45) is 0. The number of rotatable bonds is 14. The van der Waals surface area contributed by atoms with Gasteiger partial charge in [0.25, 0.3) is 0 Å². The number of nitrogens with one attached hydrogen (secondary N) is 2. The molecule has 0 atom stereocenters. The van der Waals surface area contributed by atoms with Crippen LogP contribution in [-0.2, 0) is 16.0 Å². The van der Waals surface area contributed by atoms with Crippen molar-refractivity contribution in [2.24, 2.45) is 5.73 Å². The van der Waals surface area contributed by atoms with Crippen LogP contribution >= 0.6 is 0 Å². The van der Waals surface area contributed by atoms with Crippen molar-refractivity contribution in [2.45, 2.75) is 6.54 Å². The Balaban J connectivity index is 1.81. The summed E-state index contributed by atoms with van der Waals surface area (Å²) < 4.78 is 21.1. The third kappa shape index (κ3) is 7.91. The van der Waals surface area contributed by atoms with Gasteiger partial charge in [0.15, 0.2) is 0 Å². The van der Waals surface area contributed by atoms with Crippen LogP contribution in [0.15, 0.2) is 24.3 Å². The van der Waals surface area contributed by atoms with Crippen molar-refractivity contribution in [3.05, 3.63) is 29.8 Å². The summed E-state index contributed by atoms with van der Waals surface area (Å²) in [7, 11) is 3.15. The number of benzene rings is 1. The standard InChI is InChI=1S/C18H28N6O4/c1-25-15-5-3-4-14(12-15)13-21-17-22-16(23-18(24-17)26-2)20-7-9-28-11-10-27-8-6-19/h3-5,12H,6-11,13,19H2,1-2H3,(H2,20,21,22,23,24). The maximum Gasteiger partial charge on any atom is 0.322 e. The Kier molecular flexibility index (Phi) is 9.76. The van der Waals surface area contributed by atoms with Gasteiger partial charge in [-0.3, -0.25) is 0 Å². The molecule has 0 aliphatic carbocycles. The lowest BCUT2D eigenvalue weighted by molar-refractivity contribution is 0.0547. The quantitative estimate of drug-likeness (QED) is 0.399. The Morgan fingerprint density at radius 1 is 0.893 bits per heavy atom. The molecule has 10 nitrogen and oxygen atoms in total. The molecule has 0 fully saturated rings. The Labute approximate surface area is 164 Å². The van der Waals surface area contributed by atoms with Crippen molar-refractivity contribution in [1.82, 2.24) is 15.0 Å². The van der Waals surface area contributed by atoms with Gasteiger partial charge in [-0.2, -0.15) is 15.0 Å². The molecule has 0 spiro atoms. The Morgan fingerprint density at radius 3 is 2.36 bits per heavy atom. The summed E-state index contributed by atoms with van der Waals surface area (Å²) in [6, 6.07) is 7.98. The Bertz CT molecular complexity index is 704. The molecule has 10 heteroatoms. The molecule has 0 saturated heterocycles. The first-order valence-electron chi connectivity index (χ1n) is 9.01. The lowest BCUT2D eigenvalue weighted by atomic mass is 10.2. The zero-order chi connectivity index (χ0) is 20.0. The van der Waals surface area contributed by atoms with E-state index in [9.17, 15) is 0 Å². The van der Waals surface area contributed by atoms with E-state index < -0.39 is 0 Å². The minimum absolute atomic E-state index is 0.224. The third-order valence-corrected chi connectivity index (χ3v) is 3.55. The highest BCUT2D eigenvalue weighted by molar-refractivity contribution is 5.37. The maximum atomic E-state index is 5.46. The van der Waals surface area contributed by atoms with Crippen molar-refractivity contribution in [3.8, 4) is 11.8 Å². The summed E-state index contributed by atoms with van der Waals surface area (Å²) in [5, 5.41) is 6.25. The fourth-order valence-corrected chi connectivity index (χ4v) is 2.21. The number of anilines is 2. The zero-order valence-electron chi connectivity index (χ0n) is 16.3. The summed E-state index contributed by atoms with van der Waals surface area (Å²) in [6.45, 7) is 3.65. The molecule has 2 aromatic rings. The second kappa shape index (κ2) is 12.7. The predicted molar refractivity (Wildman–Crippen MR) is 106 cm³/mol. The number of hydrogen-bond acceptors (Lipinski definition) is 10. The molecule has 1 heterocycles. The van der Waals surface area contributed by atoms with Crippen LogP contribution in [0.25, 0.3) is 0 Å². The average Bonchev–Trinajstić information content (AvgIpc) is 2.74. The Hall–Kier alpha value is -2.69. The predicted octanol–water partition coefficient (Wildman–Crippen LogP) is 0.905. The highest BCUT2D eigenvalue weighted by Crippen LogP contribution is 2.15. The molecule has 154 valence electrons. The van der Waals surface area contributed by atoms with E-state index in [1.54, 1.807) is 7.11 Å². The van der Waals surface area contributed by atoms with E-state index in [1.165, 1.54) is 7.11 Å². The van der Waals surface area contributed by atoms with Gasteiger partial charge in [0.05, 0.1) is 40.6 Å². The SMILES string of the molecule is COc1cccc(CNc2nc(NCCOCCOCCN)nc(OC)n2)c1. The van der Waals surface area contributed by atoms with Gasteiger partial charge in [-0.25, -0.2) is 0 Å². The van der Waals surface area contributed by atoms with Crippen LogP contribution in [0.2, 0.25) is 0 Å². The summed E-state index contributed by atoms with van der Waals surface area (Å²) >= 11 is 0. The van der Waals surface area contributed by atoms with E-state index in [1.807, 2.05) is 24.3 Å². The molecule has 1 aromatic carbocycles. The smallest absolute Gasteiger partial charge is 0.322 e. The van der Waals surface area contributed by atoms with E-state index in [-0.39, 0.29) is 6.01 Å². The first kappa shape index (κ1) is 21.6. The van der Waals surface area contributed by atoms with Crippen molar-refractivity contribution in [2.75, 3.05) is 64.4 Å². The summed E-state index contributed by atoms with van der Waals surface area (Å²) in [4.78, 5) is 12.7. The average molecular weight is 392 g/mol. The number of nitrogens with two attached hydrogens (primary N) is 1. The zero-order valence-corrected chi connectivity index (χ0v) is 16.3. The molecule has 0 aliphatic rings. The number of nitrogens with zero attached hydrogens (tertiary/aromatic N) is 3. The van der Waals surface area contributed by atoms with Crippen molar-refractivity contribution in [1.29, 1.82) is 0 Å². The normalized spacial score (nSPS) is 10.5. The van der Waals surface area contributed by atoms with Crippen LogP contribution in [-0.4, -0.2) is 68.7 Å². The summed E-state index contributed by atoms with van der Waals surface area (Å²) in [5.41, 5.74) is 6.38. The second-order valence-electron chi connectivity index (χ2n) is 5.61. The summed E-state index contributed by atoms with van der Waals surface area (Å²) in [5.74, 6) is 1.61. The molecule has 0 bridgehead atoms. The highest BCUT2D eigenvalue weighted by atomic mass is 16.5. The lowest BCUT2D eigenvalue weighted by Gasteiger charge is -2.10. The van der Waals surface area contributed by atoms with Crippen LogP contribution in [0.1, 0.15) is 5.56 Å². The molecular formula is C18H28N6O4. The van der Waals surface area contributed by atoms with Crippen LogP contribution in [0.3, 0.4) is 0 Å². The minimum Gasteiger partial charge on any atom is -0.497 e. The number of hydrogen-bond donors (Lipinski definition) is 3. The van der Waals surface area contributed by atoms with E-state index in [2.05, 4.69) is 25.6 Å². The largest absolute Gasteiger partial charge is 0.497 e. The first-order valence-corrected chi connectivity index (χ1v) is 9.01. The monoisotopic (exact) mass is 392 g/mol. The van der Waals surface area contributed by atoms with Crippen LogP contribution in [0, 0.1) is 0 Å². The first-order chi connectivity index (χ1) is 13.7. The minimum atomic E-state index is 0.224. The van der Waals surface area contributed by atoms with Crippen molar-refractivity contribution in [3.63, 3.8) is 0 Å². The molecule has 28 heavy (non-hydrogen) atoms. The van der Waals surface area contributed by atoms with Gasteiger partial charge in [0, 0.05) is 19.6 Å². The molecular weight excluding hydrogens is 364 g/mol. The van der Waals surface area contributed by atoms with Gasteiger partial charge in [0.1, 0.15) is 5.75 Å². The molecule has 1 aromatic heterocycles. The van der Waals surface area contributed by atoms with Gasteiger partial charge in [-0.1, -0.05) is 12.1 Å². The van der Waals surface area contributed by atoms with Crippen molar-refractivity contribution < 1.29 is 18.9 Å². The van der Waals surface area contributed by atoms with Crippen LogP contribution in [0.5, 0.6) is 11.8 Å². The van der Waals surface area contributed by atoms with E-state index in [4.69, 9.17) is 24.7 Å². The number of methoxy groups -OCH3 is 2. The topological polar surface area (TPSA) is 126 Å². The van der Waals surface area contributed by atoms with Crippen LogP contribution < -0.4 is 25.8 Å². The third-order valence-electron chi connectivity index (χ3n) is 3.55. The molecule has 0 saturated carbocycles. The fourth-order valence-electron chi connectivity index (χ4n) is 2.21. The van der Waals surface area contributed by atoms with Gasteiger partial charge in [-0.15, -0.1) is 0 Å². The second-order valence-corrected chi connectivity index (χ2v) is 5.61. The molecule has 2 rings (SSSR count). The van der Waals surface area contributed by atoms with E-state index >= 15 is 0 Å². The molecule has 0 aliphatic heterocycles. The maximum absolute atomic E-state index is 5.46. The Morgan fingerprint density at radius 2 is 1.64 bits per heavy atom. The van der Waals surface area contributed by atoms with E-state index in [0.29, 0.717) is 58.0 Å². The number of ether oxygens (including phenoxy) is 4. The number of aromatic nitrogens is 3. The molecule has 4 N–H and O–H groups in total. The molecule has 0 unspecified atom stereocenters. The van der Waals surface area contributed by atoms with Crippen molar-refractivity contribution >= 4 is 11.9 Å². The fraction of sp³-hybridized carbons (Fsp3) is 0.500. The van der Waals surface area contributed by atoms with E-state index in [0.717, 1.165) is 11.3 Å². The van der Waals surface area contributed by atoms with Gasteiger partial charge >= 0.3 is 6.01 Å². The van der Waals surface area contributed by atoms with Gasteiger partial charge in [-0.05, 0) is 17.7 Å². The van der Waals surface area contributed by atoms with Crippen LogP contribution in [0.4, 0.5) is 11.9 Å². The van der Waals surface area contributed by atoms with Gasteiger partial charge in [0.2, 0.25) is 11.9 Å². The molecule has 0 amide bonds. The molecule has 0 radical (unpaired) electrons. The highest BCUT2D eigenvalue weighted by Gasteiger charge is 2.07.